The van der Waals surface area contributed by atoms with Crippen LogP contribution in [0.15, 0.2) is 49.6 Å². The van der Waals surface area contributed by atoms with Crippen molar-refractivity contribution in [3.8, 4) is 0 Å². The number of methoxy groups -OCH3 is 1. The van der Waals surface area contributed by atoms with Crippen LogP contribution in [0.5, 0.6) is 0 Å². The van der Waals surface area contributed by atoms with Gasteiger partial charge in [-0.25, -0.2) is 4.79 Å². The van der Waals surface area contributed by atoms with Crippen molar-refractivity contribution >= 4 is 29.6 Å². The minimum Gasteiger partial charge on any atom is -0.447 e. The third-order valence-electron chi connectivity index (χ3n) is 7.38. The molecule has 242 valence electrons. The molecule has 0 spiro atoms. The molecule has 0 aromatic heterocycles. The first kappa shape index (κ1) is 36.2. The molecule has 3 atom stereocenters. The molecule has 4 amide bonds. The summed E-state index contributed by atoms with van der Waals surface area (Å²) in [5, 5.41) is 7.88. The topological polar surface area (TPSA) is 143 Å². The van der Waals surface area contributed by atoms with Gasteiger partial charge in [-0.1, -0.05) is 56.7 Å². The molecule has 44 heavy (non-hydrogen) atoms. The standard InChI is InChI=1S/C30H40N4O7.C3H8/c1-4-6-12-23(26(35)28(37)31-14-5-2)32-27(36)24-13-9-15-34(24)29(38)25(33-30(39)41-17-16-40-3)22-18-20-10-7-8-11-21(20)19-22;1-3-2/h4-5,7-8,10-11,22-25H,1-2,6,9,12-19H2,3H3,(H,31,37)(H,32,36)(H,33,39);3H2,1-2H3/t23?,24-,25-;/m0./s1. The maximum Gasteiger partial charge on any atom is 0.407 e. The predicted molar refractivity (Wildman–Crippen MR) is 168 cm³/mol. The Morgan fingerprint density at radius 2 is 1.68 bits per heavy atom. The van der Waals surface area contributed by atoms with Gasteiger partial charge < -0.3 is 30.3 Å². The Morgan fingerprint density at radius 3 is 2.27 bits per heavy atom. The quantitative estimate of drug-likeness (QED) is 0.157. The maximum absolute atomic E-state index is 14.0. The predicted octanol–water partition coefficient (Wildman–Crippen LogP) is 2.87. The highest BCUT2D eigenvalue weighted by Crippen LogP contribution is 2.31. The lowest BCUT2D eigenvalue weighted by atomic mass is 9.95. The average molecular weight is 613 g/mol. The number of rotatable bonds is 15. The fourth-order valence-electron chi connectivity index (χ4n) is 5.31. The lowest BCUT2D eigenvalue weighted by Crippen LogP contribution is -2.58. The summed E-state index contributed by atoms with van der Waals surface area (Å²) in [5.74, 6) is -2.74. The lowest BCUT2D eigenvalue weighted by molar-refractivity contribution is -0.143. The summed E-state index contributed by atoms with van der Waals surface area (Å²) < 4.78 is 10.1. The van der Waals surface area contributed by atoms with Crippen molar-refractivity contribution in [3.05, 3.63) is 60.7 Å². The van der Waals surface area contributed by atoms with Crippen LogP contribution in [-0.2, 0) is 41.5 Å². The molecule has 3 rings (SSSR count). The summed E-state index contributed by atoms with van der Waals surface area (Å²) in [5.41, 5.74) is 2.22. The second-order valence-electron chi connectivity index (χ2n) is 10.9. The number of fused-ring (bicyclic) bond motifs is 1. The summed E-state index contributed by atoms with van der Waals surface area (Å²) in [4.78, 5) is 66.6. The SMILES string of the molecule is C=CCCC(NC(=O)[C@@H]1CCCN1C(=O)[C@@H](NC(=O)OCCOC)C1Cc2ccccc2C1)C(=O)C(=O)NCC=C.CCC. The molecule has 1 aromatic rings. The number of nitrogens with zero attached hydrogens (tertiary/aromatic N) is 1. The summed E-state index contributed by atoms with van der Waals surface area (Å²) in [6, 6.07) is 5.04. The molecule has 1 aliphatic heterocycles. The Kier molecular flexibility index (Phi) is 15.9. The molecule has 1 aliphatic carbocycles. The Morgan fingerprint density at radius 1 is 1.02 bits per heavy atom. The van der Waals surface area contributed by atoms with Gasteiger partial charge in [0.2, 0.25) is 17.6 Å². The third-order valence-corrected chi connectivity index (χ3v) is 7.38. The normalized spacial score (nSPS) is 16.8. The molecular weight excluding hydrogens is 564 g/mol. The van der Waals surface area contributed by atoms with Crippen LogP contribution in [0.25, 0.3) is 0 Å². The van der Waals surface area contributed by atoms with E-state index in [9.17, 15) is 24.0 Å². The van der Waals surface area contributed by atoms with Crippen LogP contribution in [0, 0.1) is 5.92 Å². The molecule has 11 nitrogen and oxygen atoms in total. The number of Topliss-reactive ketones (excluding diaryl/α,β-unsaturated/α-hetero) is 1. The second kappa shape index (κ2) is 19.3. The third kappa shape index (κ3) is 10.6. The highest BCUT2D eigenvalue weighted by Gasteiger charge is 2.43. The lowest BCUT2D eigenvalue weighted by Gasteiger charge is -2.32. The number of ketones is 1. The van der Waals surface area contributed by atoms with E-state index in [0.29, 0.717) is 38.6 Å². The van der Waals surface area contributed by atoms with Crippen molar-refractivity contribution in [2.45, 2.75) is 76.9 Å². The van der Waals surface area contributed by atoms with Gasteiger partial charge in [-0.05, 0) is 55.6 Å². The van der Waals surface area contributed by atoms with E-state index in [0.717, 1.165) is 11.1 Å². The Bertz CT molecular complexity index is 1130. The summed E-state index contributed by atoms with van der Waals surface area (Å²) in [6.07, 6.45) is 6.29. The molecule has 1 saturated heterocycles. The molecule has 1 aromatic carbocycles. The number of likely N-dealkylation sites (tertiary alicyclic amines) is 1. The van der Waals surface area contributed by atoms with E-state index in [2.05, 4.69) is 43.0 Å². The van der Waals surface area contributed by atoms with Crippen LogP contribution in [0.1, 0.15) is 57.1 Å². The number of hydrogen-bond acceptors (Lipinski definition) is 7. The molecule has 1 heterocycles. The monoisotopic (exact) mass is 612 g/mol. The van der Waals surface area contributed by atoms with Gasteiger partial charge in [0.15, 0.2) is 0 Å². The minimum atomic E-state index is -1.07. The highest BCUT2D eigenvalue weighted by atomic mass is 16.6. The zero-order valence-electron chi connectivity index (χ0n) is 26.3. The van der Waals surface area contributed by atoms with Crippen LogP contribution in [0.2, 0.25) is 0 Å². The Hall–Kier alpha value is -3.99. The van der Waals surface area contributed by atoms with Gasteiger partial charge >= 0.3 is 6.09 Å². The van der Waals surface area contributed by atoms with Gasteiger partial charge in [-0.3, -0.25) is 19.2 Å². The van der Waals surface area contributed by atoms with Crippen LogP contribution in [0.4, 0.5) is 4.79 Å². The molecule has 1 fully saturated rings. The van der Waals surface area contributed by atoms with Crippen molar-refractivity contribution in [1.29, 1.82) is 0 Å². The van der Waals surface area contributed by atoms with Gasteiger partial charge in [0.25, 0.3) is 5.91 Å². The highest BCUT2D eigenvalue weighted by molar-refractivity contribution is 6.38. The first-order valence-corrected chi connectivity index (χ1v) is 15.4. The van der Waals surface area contributed by atoms with E-state index in [1.54, 1.807) is 6.08 Å². The van der Waals surface area contributed by atoms with E-state index >= 15 is 0 Å². The Labute approximate surface area is 260 Å². The van der Waals surface area contributed by atoms with E-state index in [-0.39, 0.29) is 38.0 Å². The number of nitrogens with one attached hydrogen (secondary N) is 3. The zero-order valence-corrected chi connectivity index (χ0v) is 26.3. The molecule has 0 radical (unpaired) electrons. The van der Waals surface area contributed by atoms with E-state index in [4.69, 9.17) is 9.47 Å². The van der Waals surface area contributed by atoms with Gasteiger partial charge in [0.05, 0.1) is 12.6 Å². The van der Waals surface area contributed by atoms with Crippen LogP contribution in [0.3, 0.4) is 0 Å². The molecule has 0 saturated carbocycles. The fraction of sp³-hybridized carbons (Fsp3) is 0.545. The number of alkyl carbamates (subject to hydrolysis) is 1. The minimum absolute atomic E-state index is 0.0311. The molecule has 1 unspecified atom stereocenters. The molecule has 0 bridgehead atoms. The summed E-state index contributed by atoms with van der Waals surface area (Å²) >= 11 is 0. The van der Waals surface area contributed by atoms with Crippen molar-refractivity contribution < 1.29 is 33.4 Å². The first-order chi connectivity index (χ1) is 21.2. The van der Waals surface area contributed by atoms with Crippen molar-refractivity contribution in [2.75, 3.05) is 33.4 Å². The van der Waals surface area contributed by atoms with Crippen LogP contribution >= 0.6 is 0 Å². The second-order valence-corrected chi connectivity index (χ2v) is 10.9. The summed E-state index contributed by atoms with van der Waals surface area (Å²) in [6.45, 7) is 12.1. The molecule has 3 N–H and O–H groups in total. The maximum atomic E-state index is 14.0. The number of allylic oxidation sites excluding steroid dienone is 1. The first-order valence-electron chi connectivity index (χ1n) is 15.4. The number of amides is 4. The number of carbonyl (C=O) groups is 5. The average Bonchev–Trinajstić information content (AvgIpc) is 3.68. The fourth-order valence-corrected chi connectivity index (χ4v) is 5.31. The van der Waals surface area contributed by atoms with Crippen molar-refractivity contribution in [3.63, 3.8) is 0 Å². The van der Waals surface area contributed by atoms with Crippen molar-refractivity contribution in [1.82, 2.24) is 20.9 Å². The van der Waals surface area contributed by atoms with Crippen molar-refractivity contribution in [2.24, 2.45) is 5.92 Å². The van der Waals surface area contributed by atoms with E-state index in [1.807, 2.05) is 24.3 Å². The van der Waals surface area contributed by atoms with E-state index < -0.39 is 41.8 Å². The van der Waals surface area contributed by atoms with Gasteiger partial charge in [0, 0.05) is 20.2 Å². The summed E-state index contributed by atoms with van der Waals surface area (Å²) in [7, 11) is 1.49. The number of carbonyl (C=O) groups excluding carboxylic acids is 5. The zero-order chi connectivity index (χ0) is 32.5. The largest absolute Gasteiger partial charge is 0.447 e. The number of ether oxygens (including phenoxy) is 2. The molecule has 11 heteroatoms. The molecular formula is C33H48N4O7. The van der Waals surface area contributed by atoms with Gasteiger partial charge in [-0.15, -0.1) is 13.2 Å². The van der Waals surface area contributed by atoms with Crippen LogP contribution < -0.4 is 16.0 Å². The number of hydrogen-bond donors (Lipinski definition) is 3. The van der Waals surface area contributed by atoms with Gasteiger partial charge in [0.1, 0.15) is 18.7 Å². The van der Waals surface area contributed by atoms with Crippen LogP contribution in [-0.4, -0.2) is 86.0 Å². The van der Waals surface area contributed by atoms with E-state index in [1.165, 1.54) is 24.5 Å². The molecule has 2 aliphatic rings. The smallest absolute Gasteiger partial charge is 0.407 e. The number of benzene rings is 1. The Balaban J connectivity index is 0.00000216. The van der Waals surface area contributed by atoms with Gasteiger partial charge in [-0.2, -0.15) is 0 Å².